The number of hydrogen-bond acceptors (Lipinski definition) is 6. The number of carbonyl (C=O) groups is 1. The lowest BCUT2D eigenvalue weighted by Crippen LogP contribution is -2.29. The summed E-state index contributed by atoms with van der Waals surface area (Å²) < 4.78 is 10.5. The molecule has 156 valence electrons. The van der Waals surface area contributed by atoms with Gasteiger partial charge in [-0.05, 0) is 43.5 Å². The fourth-order valence-corrected chi connectivity index (χ4v) is 4.42. The van der Waals surface area contributed by atoms with Crippen LogP contribution in [0.25, 0.3) is 11.3 Å². The predicted octanol–water partition coefficient (Wildman–Crippen LogP) is 5.07. The SMILES string of the molecule is COc1ccc(C(=O)Nc2ccc(-c3csc(N4CCCCC4)n3)cc2)c(OC)c1. The monoisotopic (exact) mass is 423 g/mol. The minimum atomic E-state index is -0.233. The molecule has 3 aromatic rings. The van der Waals surface area contributed by atoms with Gasteiger partial charge in [-0.15, -0.1) is 11.3 Å². The fourth-order valence-electron chi connectivity index (χ4n) is 3.54. The summed E-state index contributed by atoms with van der Waals surface area (Å²) in [7, 11) is 3.11. The van der Waals surface area contributed by atoms with E-state index in [-0.39, 0.29) is 5.91 Å². The van der Waals surface area contributed by atoms with Crippen molar-refractivity contribution in [2.45, 2.75) is 19.3 Å². The van der Waals surface area contributed by atoms with Gasteiger partial charge in [-0.2, -0.15) is 0 Å². The van der Waals surface area contributed by atoms with Gasteiger partial charge in [0.2, 0.25) is 0 Å². The van der Waals surface area contributed by atoms with Crippen LogP contribution in [0.2, 0.25) is 0 Å². The molecule has 1 saturated heterocycles. The summed E-state index contributed by atoms with van der Waals surface area (Å²) in [4.78, 5) is 19.9. The smallest absolute Gasteiger partial charge is 0.259 e. The molecule has 0 spiro atoms. The summed E-state index contributed by atoms with van der Waals surface area (Å²) in [6.45, 7) is 2.18. The van der Waals surface area contributed by atoms with Crippen LogP contribution in [0.5, 0.6) is 11.5 Å². The number of rotatable bonds is 6. The van der Waals surface area contributed by atoms with Gasteiger partial charge in [0.25, 0.3) is 5.91 Å². The standard InChI is InChI=1S/C23H25N3O3S/c1-28-18-10-11-19(21(14-18)29-2)22(27)24-17-8-6-16(7-9-17)20-15-30-23(25-20)26-12-4-3-5-13-26/h6-11,14-15H,3-5,12-13H2,1-2H3,(H,24,27). The van der Waals surface area contributed by atoms with Gasteiger partial charge in [0.15, 0.2) is 5.13 Å². The van der Waals surface area contributed by atoms with Crippen LogP contribution < -0.4 is 19.7 Å². The van der Waals surface area contributed by atoms with Crippen molar-refractivity contribution in [2.24, 2.45) is 0 Å². The maximum Gasteiger partial charge on any atom is 0.259 e. The molecular weight excluding hydrogens is 398 g/mol. The molecule has 1 amide bonds. The summed E-state index contributed by atoms with van der Waals surface area (Å²) in [6, 6.07) is 12.9. The van der Waals surface area contributed by atoms with E-state index < -0.39 is 0 Å². The summed E-state index contributed by atoms with van der Waals surface area (Å²) in [5.41, 5.74) is 3.17. The first-order valence-corrected chi connectivity index (χ1v) is 10.9. The van der Waals surface area contributed by atoms with Crippen LogP contribution in [0.1, 0.15) is 29.6 Å². The summed E-state index contributed by atoms with van der Waals surface area (Å²) in [5.74, 6) is 0.874. The highest BCUT2D eigenvalue weighted by Crippen LogP contribution is 2.30. The minimum absolute atomic E-state index is 0.233. The van der Waals surface area contributed by atoms with Crippen LogP contribution in [0.3, 0.4) is 0 Å². The number of hydrogen-bond donors (Lipinski definition) is 1. The molecule has 0 saturated carbocycles. The number of aromatic nitrogens is 1. The molecule has 0 aliphatic carbocycles. The highest BCUT2D eigenvalue weighted by molar-refractivity contribution is 7.14. The van der Waals surface area contributed by atoms with E-state index >= 15 is 0 Å². The topological polar surface area (TPSA) is 63.7 Å². The van der Waals surface area contributed by atoms with Crippen molar-refractivity contribution in [1.29, 1.82) is 0 Å². The van der Waals surface area contributed by atoms with Crippen LogP contribution in [-0.4, -0.2) is 38.2 Å². The van der Waals surface area contributed by atoms with E-state index in [0.717, 1.165) is 29.5 Å². The lowest BCUT2D eigenvalue weighted by atomic mass is 10.1. The predicted molar refractivity (Wildman–Crippen MR) is 121 cm³/mol. The molecule has 1 fully saturated rings. The number of ether oxygens (including phenoxy) is 2. The Balaban J connectivity index is 1.45. The van der Waals surface area contributed by atoms with Crippen LogP contribution in [0, 0.1) is 0 Å². The maximum atomic E-state index is 12.7. The first kappa shape index (κ1) is 20.2. The quantitative estimate of drug-likeness (QED) is 0.600. The van der Waals surface area contributed by atoms with Gasteiger partial charge in [0.1, 0.15) is 11.5 Å². The summed E-state index contributed by atoms with van der Waals surface area (Å²) in [5, 5.41) is 6.11. The number of amides is 1. The zero-order valence-corrected chi connectivity index (χ0v) is 18.0. The van der Waals surface area contributed by atoms with Crippen molar-refractivity contribution in [3.8, 4) is 22.8 Å². The minimum Gasteiger partial charge on any atom is -0.497 e. The lowest BCUT2D eigenvalue weighted by molar-refractivity contribution is 0.102. The molecule has 7 heteroatoms. The third kappa shape index (κ3) is 4.41. The molecule has 1 aliphatic heterocycles. The molecule has 1 aromatic heterocycles. The van der Waals surface area contributed by atoms with Gasteiger partial charge in [-0.25, -0.2) is 4.98 Å². The molecule has 4 rings (SSSR count). The first-order chi connectivity index (χ1) is 14.7. The number of benzene rings is 2. The van der Waals surface area contributed by atoms with Crippen molar-refractivity contribution >= 4 is 28.1 Å². The number of carbonyl (C=O) groups excluding carboxylic acids is 1. The molecule has 1 N–H and O–H groups in total. The van der Waals surface area contributed by atoms with Crippen LogP contribution in [0.4, 0.5) is 10.8 Å². The zero-order chi connectivity index (χ0) is 20.9. The normalized spacial score (nSPS) is 13.7. The van der Waals surface area contributed by atoms with Crippen molar-refractivity contribution in [3.63, 3.8) is 0 Å². The second-order valence-corrected chi connectivity index (χ2v) is 8.00. The largest absolute Gasteiger partial charge is 0.497 e. The highest BCUT2D eigenvalue weighted by atomic mass is 32.1. The first-order valence-electron chi connectivity index (χ1n) is 10.0. The number of piperidine rings is 1. The van der Waals surface area contributed by atoms with Gasteiger partial charge in [0, 0.05) is 35.8 Å². The fraction of sp³-hybridized carbons (Fsp3) is 0.304. The molecule has 0 radical (unpaired) electrons. The number of thiazole rings is 1. The Morgan fingerprint density at radius 2 is 1.80 bits per heavy atom. The molecule has 2 heterocycles. The molecule has 30 heavy (non-hydrogen) atoms. The number of nitrogens with one attached hydrogen (secondary N) is 1. The third-order valence-corrected chi connectivity index (χ3v) is 6.11. The molecular formula is C23H25N3O3S. The van der Waals surface area contributed by atoms with Crippen molar-refractivity contribution in [3.05, 3.63) is 53.4 Å². The second kappa shape index (κ2) is 9.17. The molecule has 2 aromatic carbocycles. The number of methoxy groups -OCH3 is 2. The van der Waals surface area contributed by atoms with E-state index in [1.807, 2.05) is 24.3 Å². The average Bonchev–Trinajstić information content (AvgIpc) is 3.30. The van der Waals surface area contributed by atoms with E-state index in [2.05, 4.69) is 15.6 Å². The van der Waals surface area contributed by atoms with E-state index in [1.165, 1.54) is 26.4 Å². The Kier molecular flexibility index (Phi) is 6.18. The Morgan fingerprint density at radius 1 is 1.03 bits per heavy atom. The van der Waals surface area contributed by atoms with E-state index in [9.17, 15) is 4.79 Å². The Hall–Kier alpha value is -3.06. The van der Waals surface area contributed by atoms with Crippen LogP contribution in [-0.2, 0) is 0 Å². The lowest BCUT2D eigenvalue weighted by Gasteiger charge is -2.25. The van der Waals surface area contributed by atoms with Crippen molar-refractivity contribution in [1.82, 2.24) is 4.98 Å². The summed E-state index contributed by atoms with van der Waals surface area (Å²) >= 11 is 1.69. The third-order valence-electron chi connectivity index (χ3n) is 5.21. The molecule has 0 unspecified atom stereocenters. The molecule has 1 aliphatic rings. The number of nitrogens with zero attached hydrogens (tertiary/aromatic N) is 2. The Labute approximate surface area is 180 Å². The summed E-state index contributed by atoms with van der Waals surface area (Å²) in [6.07, 6.45) is 3.79. The maximum absolute atomic E-state index is 12.7. The van der Waals surface area contributed by atoms with Gasteiger partial charge in [0.05, 0.1) is 25.5 Å². The van der Waals surface area contributed by atoms with Crippen LogP contribution in [0.15, 0.2) is 47.8 Å². The van der Waals surface area contributed by atoms with E-state index in [4.69, 9.17) is 14.5 Å². The molecule has 0 atom stereocenters. The zero-order valence-electron chi connectivity index (χ0n) is 17.2. The van der Waals surface area contributed by atoms with E-state index in [1.54, 1.807) is 36.6 Å². The second-order valence-electron chi connectivity index (χ2n) is 7.16. The van der Waals surface area contributed by atoms with Gasteiger partial charge in [-0.3, -0.25) is 4.79 Å². The van der Waals surface area contributed by atoms with Crippen molar-refractivity contribution in [2.75, 3.05) is 37.5 Å². The molecule has 6 nitrogen and oxygen atoms in total. The van der Waals surface area contributed by atoms with E-state index in [0.29, 0.717) is 22.7 Å². The van der Waals surface area contributed by atoms with Crippen molar-refractivity contribution < 1.29 is 14.3 Å². The molecule has 0 bridgehead atoms. The van der Waals surface area contributed by atoms with Gasteiger partial charge in [-0.1, -0.05) is 12.1 Å². The van der Waals surface area contributed by atoms with Gasteiger partial charge < -0.3 is 19.7 Å². The average molecular weight is 424 g/mol. The Morgan fingerprint density at radius 3 is 2.50 bits per heavy atom. The highest BCUT2D eigenvalue weighted by Gasteiger charge is 2.16. The number of anilines is 2. The van der Waals surface area contributed by atoms with Gasteiger partial charge >= 0.3 is 0 Å². The Bertz CT molecular complexity index is 1010. The van der Waals surface area contributed by atoms with Crippen LogP contribution >= 0.6 is 11.3 Å².